The molecule has 35 heavy (non-hydrogen) atoms. The third-order valence-corrected chi connectivity index (χ3v) is 7.53. The van der Waals surface area contributed by atoms with Gasteiger partial charge in [-0.1, -0.05) is 41.4 Å². The fourth-order valence-electron chi connectivity index (χ4n) is 4.62. The molecule has 1 atom stereocenters. The molecular formula is C26H28Cl2N6O. The van der Waals surface area contributed by atoms with E-state index in [2.05, 4.69) is 51.3 Å². The lowest BCUT2D eigenvalue weighted by Crippen LogP contribution is -2.50. The van der Waals surface area contributed by atoms with Gasteiger partial charge in [-0.2, -0.15) is 0 Å². The van der Waals surface area contributed by atoms with Gasteiger partial charge in [0, 0.05) is 51.2 Å². The Kier molecular flexibility index (Phi) is 6.82. The standard InChI is InChI=1S/C26H28Cl2N6O/c1-17(9-10-29-26-31-23-16-21(28)20(27)15-19(23)25(35)32(26)2)33-11-13-34(14-12-33)24-8-7-18-5-3-4-6-22(18)30-24/h3-8,15-17H,9-14H2,1-2H3,(H,29,31). The summed E-state index contributed by atoms with van der Waals surface area (Å²) >= 11 is 12.2. The van der Waals surface area contributed by atoms with Gasteiger partial charge >= 0.3 is 0 Å². The zero-order valence-electron chi connectivity index (χ0n) is 19.8. The lowest BCUT2D eigenvalue weighted by Gasteiger charge is -2.38. The van der Waals surface area contributed by atoms with Crippen LogP contribution in [0.5, 0.6) is 0 Å². The lowest BCUT2D eigenvalue weighted by molar-refractivity contribution is 0.191. The number of hydrogen-bond donors (Lipinski definition) is 1. The smallest absolute Gasteiger partial charge is 0.262 e. The quantitative estimate of drug-likeness (QED) is 0.401. The molecule has 1 fully saturated rings. The van der Waals surface area contributed by atoms with E-state index in [0.29, 0.717) is 39.5 Å². The minimum Gasteiger partial charge on any atom is -0.356 e. The van der Waals surface area contributed by atoms with Crippen molar-refractivity contribution in [1.29, 1.82) is 0 Å². The Bertz CT molecular complexity index is 1430. The molecule has 0 saturated carbocycles. The Morgan fingerprint density at radius 2 is 1.71 bits per heavy atom. The number of nitrogens with zero attached hydrogens (tertiary/aromatic N) is 5. The number of nitrogens with one attached hydrogen (secondary N) is 1. The highest BCUT2D eigenvalue weighted by molar-refractivity contribution is 6.42. The molecule has 0 bridgehead atoms. The Balaban J connectivity index is 1.17. The van der Waals surface area contributed by atoms with Crippen LogP contribution in [0.25, 0.3) is 21.8 Å². The largest absolute Gasteiger partial charge is 0.356 e. The van der Waals surface area contributed by atoms with E-state index in [-0.39, 0.29) is 5.56 Å². The first kappa shape index (κ1) is 23.9. The van der Waals surface area contributed by atoms with Crippen LogP contribution in [-0.2, 0) is 7.05 Å². The molecule has 0 amide bonds. The fraction of sp³-hybridized carbons (Fsp3) is 0.346. The molecule has 3 heterocycles. The molecule has 2 aromatic carbocycles. The van der Waals surface area contributed by atoms with E-state index in [1.54, 1.807) is 19.2 Å². The van der Waals surface area contributed by atoms with Crippen LogP contribution in [0.3, 0.4) is 0 Å². The molecule has 7 nitrogen and oxygen atoms in total. The summed E-state index contributed by atoms with van der Waals surface area (Å²) < 4.78 is 1.52. The zero-order chi connectivity index (χ0) is 24.5. The summed E-state index contributed by atoms with van der Waals surface area (Å²) in [6, 6.07) is 16.1. The van der Waals surface area contributed by atoms with Crippen LogP contribution in [0.15, 0.2) is 53.3 Å². The number of pyridine rings is 1. The average Bonchev–Trinajstić information content (AvgIpc) is 2.88. The summed E-state index contributed by atoms with van der Waals surface area (Å²) in [6.45, 7) is 6.84. The van der Waals surface area contributed by atoms with Gasteiger partial charge < -0.3 is 10.2 Å². The van der Waals surface area contributed by atoms with Gasteiger partial charge in [0.15, 0.2) is 0 Å². The van der Waals surface area contributed by atoms with Crippen molar-refractivity contribution in [3.8, 4) is 0 Å². The summed E-state index contributed by atoms with van der Waals surface area (Å²) in [5, 5.41) is 5.69. The molecule has 2 aromatic heterocycles. The van der Waals surface area contributed by atoms with E-state index < -0.39 is 0 Å². The summed E-state index contributed by atoms with van der Waals surface area (Å²) in [6.07, 6.45) is 0.934. The van der Waals surface area contributed by atoms with Crippen LogP contribution in [0.2, 0.25) is 10.0 Å². The van der Waals surface area contributed by atoms with E-state index in [0.717, 1.165) is 43.9 Å². The van der Waals surface area contributed by atoms with Crippen molar-refractivity contribution >= 4 is 56.8 Å². The van der Waals surface area contributed by atoms with Gasteiger partial charge in [-0.25, -0.2) is 9.97 Å². The maximum Gasteiger partial charge on any atom is 0.262 e. The van der Waals surface area contributed by atoms with Gasteiger partial charge in [0.25, 0.3) is 5.56 Å². The molecule has 1 aliphatic rings. The minimum atomic E-state index is -0.150. The summed E-state index contributed by atoms with van der Waals surface area (Å²) in [5.41, 5.74) is 1.42. The van der Waals surface area contributed by atoms with Gasteiger partial charge in [-0.3, -0.25) is 14.3 Å². The van der Waals surface area contributed by atoms with Crippen LogP contribution in [0, 0.1) is 0 Å². The molecule has 0 radical (unpaired) electrons. The fourth-order valence-corrected chi connectivity index (χ4v) is 4.94. The minimum absolute atomic E-state index is 0.150. The van der Waals surface area contributed by atoms with Gasteiger partial charge in [-0.05, 0) is 43.7 Å². The molecule has 182 valence electrons. The number of fused-ring (bicyclic) bond motifs is 2. The number of benzene rings is 2. The van der Waals surface area contributed by atoms with E-state index in [9.17, 15) is 4.79 Å². The SMILES string of the molecule is CC(CCNc1nc2cc(Cl)c(Cl)cc2c(=O)n1C)N1CCN(c2ccc3ccccc3n2)CC1. The molecule has 0 aliphatic carbocycles. The molecule has 1 aliphatic heterocycles. The highest BCUT2D eigenvalue weighted by Gasteiger charge is 2.22. The van der Waals surface area contributed by atoms with Crippen molar-refractivity contribution in [3.05, 3.63) is 68.9 Å². The molecule has 0 spiro atoms. The molecule has 5 rings (SSSR count). The second-order valence-corrected chi connectivity index (χ2v) is 9.85. The van der Waals surface area contributed by atoms with Gasteiger partial charge in [-0.15, -0.1) is 0 Å². The predicted octanol–water partition coefficient (Wildman–Crippen LogP) is 4.80. The van der Waals surface area contributed by atoms with Gasteiger partial charge in [0.2, 0.25) is 5.95 Å². The molecule has 4 aromatic rings. The van der Waals surface area contributed by atoms with E-state index in [1.807, 2.05) is 12.1 Å². The van der Waals surface area contributed by atoms with Crippen molar-refractivity contribution in [3.63, 3.8) is 0 Å². The topological polar surface area (TPSA) is 66.3 Å². The van der Waals surface area contributed by atoms with Crippen LogP contribution >= 0.6 is 23.2 Å². The summed E-state index contributed by atoms with van der Waals surface area (Å²) in [7, 11) is 1.71. The van der Waals surface area contributed by atoms with Crippen LogP contribution < -0.4 is 15.8 Å². The van der Waals surface area contributed by atoms with Crippen LogP contribution in [0.1, 0.15) is 13.3 Å². The maximum atomic E-state index is 12.7. The van der Waals surface area contributed by atoms with Gasteiger partial charge in [0.05, 0.1) is 26.5 Å². The van der Waals surface area contributed by atoms with Crippen molar-refractivity contribution in [2.24, 2.45) is 7.05 Å². The number of aromatic nitrogens is 3. The van der Waals surface area contributed by atoms with Crippen molar-refractivity contribution in [2.45, 2.75) is 19.4 Å². The van der Waals surface area contributed by atoms with Crippen LogP contribution in [-0.4, -0.2) is 58.2 Å². The Hall–Kier alpha value is -2.87. The first-order chi connectivity index (χ1) is 16.9. The molecule has 1 N–H and O–H groups in total. The highest BCUT2D eigenvalue weighted by atomic mass is 35.5. The predicted molar refractivity (Wildman–Crippen MR) is 145 cm³/mol. The van der Waals surface area contributed by atoms with E-state index in [4.69, 9.17) is 28.2 Å². The summed E-state index contributed by atoms with van der Waals surface area (Å²) in [5.74, 6) is 1.57. The van der Waals surface area contributed by atoms with E-state index >= 15 is 0 Å². The highest BCUT2D eigenvalue weighted by Crippen LogP contribution is 2.26. The average molecular weight is 511 g/mol. The van der Waals surface area contributed by atoms with Crippen LogP contribution in [0.4, 0.5) is 11.8 Å². The molecular weight excluding hydrogens is 483 g/mol. The number of hydrogen-bond acceptors (Lipinski definition) is 6. The number of para-hydroxylation sites is 1. The second kappa shape index (κ2) is 10.0. The normalized spacial score (nSPS) is 15.6. The second-order valence-electron chi connectivity index (χ2n) is 9.03. The van der Waals surface area contributed by atoms with Crippen molar-refractivity contribution in [1.82, 2.24) is 19.4 Å². The molecule has 1 saturated heterocycles. The number of rotatable bonds is 6. The van der Waals surface area contributed by atoms with Crippen molar-refractivity contribution < 1.29 is 0 Å². The Morgan fingerprint density at radius 3 is 2.51 bits per heavy atom. The Morgan fingerprint density at radius 1 is 0.971 bits per heavy atom. The van der Waals surface area contributed by atoms with Crippen molar-refractivity contribution in [2.75, 3.05) is 42.9 Å². The number of halogens is 2. The zero-order valence-corrected chi connectivity index (χ0v) is 21.4. The Labute approximate surface area is 214 Å². The molecule has 1 unspecified atom stereocenters. The van der Waals surface area contributed by atoms with Gasteiger partial charge in [0.1, 0.15) is 5.82 Å². The number of piperazine rings is 1. The molecule has 9 heteroatoms. The third kappa shape index (κ3) is 4.94. The first-order valence-corrected chi connectivity index (χ1v) is 12.6. The lowest BCUT2D eigenvalue weighted by atomic mass is 10.1. The monoisotopic (exact) mass is 510 g/mol. The van der Waals surface area contributed by atoms with E-state index in [1.165, 1.54) is 9.95 Å². The summed E-state index contributed by atoms with van der Waals surface area (Å²) in [4.78, 5) is 27.0. The number of anilines is 2. The maximum absolute atomic E-state index is 12.7. The first-order valence-electron chi connectivity index (χ1n) is 11.8. The third-order valence-electron chi connectivity index (χ3n) is 6.81.